The van der Waals surface area contributed by atoms with Crippen LogP contribution in [0.5, 0.6) is 5.88 Å². The maximum Gasteiger partial charge on any atom is 0.325 e. The van der Waals surface area contributed by atoms with E-state index in [0.717, 1.165) is 12.8 Å². The number of rotatable bonds is 7. The highest BCUT2D eigenvalue weighted by Crippen LogP contribution is 2.30. The molecule has 1 aromatic rings. The maximum absolute atomic E-state index is 12.8. The third-order valence-electron chi connectivity index (χ3n) is 5.85. The number of nitrogens with zero attached hydrogens (tertiary/aromatic N) is 2. The number of nitrogens with one attached hydrogen (secondary N) is 1. The summed E-state index contributed by atoms with van der Waals surface area (Å²) in [7, 11) is 0. The first-order valence-electron chi connectivity index (χ1n) is 10.0. The summed E-state index contributed by atoms with van der Waals surface area (Å²) < 4.78 is 5.89. The number of nitrogens with two attached hydrogens (primary N) is 1. The van der Waals surface area contributed by atoms with E-state index in [1.807, 2.05) is 13.8 Å². The van der Waals surface area contributed by atoms with Crippen LogP contribution in [0, 0.1) is 5.92 Å². The van der Waals surface area contributed by atoms with Gasteiger partial charge in [-0.05, 0) is 43.7 Å². The van der Waals surface area contributed by atoms with Crippen molar-refractivity contribution in [2.24, 2.45) is 11.7 Å². The second-order valence-electron chi connectivity index (χ2n) is 7.48. The lowest BCUT2D eigenvalue weighted by atomic mass is 9.90. The SMILES string of the molecule is CCC(CC)C1NC(=O)N([C@H]2CC[C@H](Oc3ncccc3C(N)=O)CC2)C1=O. The van der Waals surface area contributed by atoms with E-state index in [0.29, 0.717) is 25.7 Å². The van der Waals surface area contributed by atoms with Crippen molar-refractivity contribution >= 4 is 17.8 Å². The molecule has 1 saturated heterocycles. The highest BCUT2D eigenvalue weighted by atomic mass is 16.5. The van der Waals surface area contributed by atoms with Gasteiger partial charge in [0.1, 0.15) is 17.7 Å². The molecule has 1 aliphatic heterocycles. The number of hydrogen-bond donors (Lipinski definition) is 2. The van der Waals surface area contributed by atoms with Crippen molar-refractivity contribution in [3.63, 3.8) is 0 Å². The van der Waals surface area contributed by atoms with E-state index < -0.39 is 11.9 Å². The number of amides is 4. The Morgan fingerprint density at radius 1 is 1.29 bits per heavy atom. The van der Waals surface area contributed by atoms with Crippen molar-refractivity contribution in [3.8, 4) is 5.88 Å². The topological polar surface area (TPSA) is 115 Å². The van der Waals surface area contributed by atoms with Gasteiger partial charge < -0.3 is 15.8 Å². The third-order valence-corrected chi connectivity index (χ3v) is 5.85. The molecule has 1 saturated carbocycles. The van der Waals surface area contributed by atoms with Crippen molar-refractivity contribution in [2.75, 3.05) is 0 Å². The Labute approximate surface area is 164 Å². The lowest BCUT2D eigenvalue weighted by molar-refractivity contribution is -0.130. The molecule has 0 radical (unpaired) electrons. The zero-order valence-electron chi connectivity index (χ0n) is 16.4. The van der Waals surface area contributed by atoms with Crippen LogP contribution in [0.4, 0.5) is 4.79 Å². The average Bonchev–Trinajstić information content (AvgIpc) is 2.98. The smallest absolute Gasteiger partial charge is 0.325 e. The van der Waals surface area contributed by atoms with Gasteiger partial charge in [-0.15, -0.1) is 0 Å². The Morgan fingerprint density at radius 2 is 1.96 bits per heavy atom. The molecule has 3 N–H and O–H groups in total. The number of pyridine rings is 1. The first kappa shape index (κ1) is 20.1. The number of aromatic nitrogens is 1. The molecule has 28 heavy (non-hydrogen) atoms. The predicted molar refractivity (Wildman–Crippen MR) is 103 cm³/mol. The molecule has 3 rings (SSSR count). The number of urea groups is 1. The maximum atomic E-state index is 12.8. The molecule has 2 fully saturated rings. The largest absolute Gasteiger partial charge is 0.474 e. The van der Waals surface area contributed by atoms with Gasteiger partial charge in [0.05, 0.1) is 0 Å². The van der Waals surface area contributed by atoms with Gasteiger partial charge in [-0.1, -0.05) is 26.7 Å². The summed E-state index contributed by atoms with van der Waals surface area (Å²) in [6.45, 7) is 4.08. The molecule has 1 atom stereocenters. The molecule has 1 unspecified atom stereocenters. The van der Waals surface area contributed by atoms with E-state index >= 15 is 0 Å². The summed E-state index contributed by atoms with van der Waals surface area (Å²) in [4.78, 5) is 42.3. The van der Waals surface area contributed by atoms with Gasteiger partial charge in [0, 0.05) is 12.2 Å². The standard InChI is InChI=1S/C20H28N4O4/c1-3-12(4-2)16-19(26)24(20(27)23-16)13-7-9-14(10-8-13)28-18-15(17(21)25)6-5-11-22-18/h5-6,11-14,16H,3-4,7-10H2,1-2H3,(H2,21,25)(H,23,27)/t13-,14-,16?. The van der Waals surface area contributed by atoms with Crippen LogP contribution in [-0.2, 0) is 4.79 Å². The first-order valence-corrected chi connectivity index (χ1v) is 10.0. The third kappa shape index (κ3) is 3.95. The minimum absolute atomic E-state index is 0.108. The summed E-state index contributed by atoms with van der Waals surface area (Å²) in [5.74, 6) is -0.285. The lowest BCUT2D eigenvalue weighted by Gasteiger charge is -2.33. The van der Waals surface area contributed by atoms with Gasteiger partial charge in [-0.25, -0.2) is 9.78 Å². The van der Waals surface area contributed by atoms with Crippen molar-refractivity contribution in [3.05, 3.63) is 23.9 Å². The number of carbonyl (C=O) groups is 3. The first-order chi connectivity index (χ1) is 13.5. The number of ether oxygens (including phenoxy) is 1. The average molecular weight is 388 g/mol. The Kier molecular flexibility index (Phi) is 6.16. The summed E-state index contributed by atoms with van der Waals surface area (Å²) in [6, 6.07) is 2.40. The molecule has 1 aromatic heterocycles. The second-order valence-corrected chi connectivity index (χ2v) is 7.48. The zero-order valence-corrected chi connectivity index (χ0v) is 16.4. The highest BCUT2D eigenvalue weighted by Gasteiger charge is 2.45. The molecule has 1 aliphatic carbocycles. The van der Waals surface area contributed by atoms with Crippen molar-refractivity contribution in [1.82, 2.24) is 15.2 Å². The van der Waals surface area contributed by atoms with Crippen molar-refractivity contribution in [1.29, 1.82) is 0 Å². The van der Waals surface area contributed by atoms with Gasteiger partial charge in [0.15, 0.2) is 0 Å². The van der Waals surface area contributed by atoms with E-state index in [2.05, 4.69) is 10.3 Å². The lowest BCUT2D eigenvalue weighted by Crippen LogP contribution is -2.44. The Morgan fingerprint density at radius 3 is 2.57 bits per heavy atom. The monoisotopic (exact) mass is 388 g/mol. The number of imide groups is 1. The van der Waals surface area contributed by atoms with Gasteiger partial charge in [0.25, 0.3) is 11.8 Å². The normalized spacial score (nSPS) is 25.1. The van der Waals surface area contributed by atoms with Gasteiger partial charge in [-0.2, -0.15) is 0 Å². The van der Waals surface area contributed by atoms with Crippen LogP contribution >= 0.6 is 0 Å². The quantitative estimate of drug-likeness (QED) is 0.695. The minimum atomic E-state index is -0.580. The fourth-order valence-corrected chi connectivity index (χ4v) is 4.19. The fraction of sp³-hybridized carbons (Fsp3) is 0.600. The summed E-state index contributed by atoms with van der Waals surface area (Å²) in [5, 5.41) is 2.87. The van der Waals surface area contributed by atoms with Gasteiger partial charge >= 0.3 is 6.03 Å². The summed E-state index contributed by atoms with van der Waals surface area (Å²) in [5.41, 5.74) is 5.62. The van der Waals surface area contributed by atoms with E-state index in [1.165, 1.54) is 4.90 Å². The predicted octanol–water partition coefficient (Wildman–Crippen LogP) is 2.23. The summed E-state index contributed by atoms with van der Waals surface area (Å²) in [6.07, 6.45) is 5.81. The van der Waals surface area contributed by atoms with Gasteiger partial charge in [0.2, 0.25) is 5.88 Å². The molecule has 0 bridgehead atoms. The second kappa shape index (κ2) is 8.58. The highest BCUT2D eigenvalue weighted by molar-refractivity contribution is 6.04. The van der Waals surface area contributed by atoms with Crippen LogP contribution in [0.3, 0.4) is 0 Å². The molecule has 2 aliphatic rings. The number of hydrogen-bond acceptors (Lipinski definition) is 5. The molecule has 4 amide bonds. The molecular formula is C20H28N4O4. The Hall–Kier alpha value is -2.64. The number of carbonyl (C=O) groups excluding carboxylic acids is 3. The van der Waals surface area contributed by atoms with Crippen LogP contribution < -0.4 is 15.8 Å². The van der Waals surface area contributed by atoms with Crippen LogP contribution in [0.2, 0.25) is 0 Å². The molecule has 8 heteroatoms. The minimum Gasteiger partial charge on any atom is -0.474 e. The van der Waals surface area contributed by atoms with Crippen LogP contribution in [-0.4, -0.2) is 45.9 Å². The molecule has 2 heterocycles. The van der Waals surface area contributed by atoms with Gasteiger partial charge in [-0.3, -0.25) is 14.5 Å². The van der Waals surface area contributed by atoms with Crippen LogP contribution in [0.15, 0.2) is 18.3 Å². The van der Waals surface area contributed by atoms with E-state index in [9.17, 15) is 14.4 Å². The molecule has 0 spiro atoms. The number of primary amides is 1. The fourth-order valence-electron chi connectivity index (χ4n) is 4.19. The van der Waals surface area contributed by atoms with Crippen molar-refractivity contribution < 1.29 is 19.1 Å². The molecule has 8 nitrogen and oxygen atoms in total. The van der Waals surface area contributed by atoms with E-state index in [4.69, 9.17) is 10.5 Å². The molecule has 0 aromatic carbocycles. The van der Waals surface area contributed by atoms with Crippen LogP contribution in [0.1, 0.15) is 62.7 Å². The summed E-state index contributed by atoms with van der Waals surface area (Å²) >= 11 is 0. The Bertz CT molecular complexity index is 741. The van der Waals surface area contributed by atoms with E-state index in [1.54, 1.807) is 18.3 Å². The van der Waals surface area contributed by atoms with Crippen LogP contribution in [0.25, 0.3) is 0 Å². The van der Waals surface area contributed by atoms with E-state index in [-0.39, 0.29) is 41.4 Å². The molecule has 152 valence electrons. The van der Waals surface area contributed by atoms with Crippen molar-refractivity contribution in [2.45, 2.75) is 70.6 Å². The molecular weight excluding hydrogens is 360 g/mol. The zero-order chi connectivity index (χ0) is 20.3. The Balaban J connectivity index is 1.61.